The minimum atomic E-state index is -1.37. The van der Waals surface area contributed by atoms with E-state index in [-0.39, 0.29) is 22.4 Å². The van der Waals surface area contributed by atoms with Crippen LogP contribution in [0.5, 0.6) is 5.75 Å². The Morgan fingerprint density at radius 3 is 1.58 bits per heavy atom. The molecule has 0 aliphatic heterocycles. The first-order chi connectivity index (χ1) is 18.0. The molecule has 0 aliphatic rings. The smallest absolute Gasteiger partial charge is 0.338 e. The third-order valence-corrected chi connectivity index (χ3v) is 5.91. The summed E-state index contributed by atoms with van der Waals surface area (Å²) in [6, 6.07) is 19.6. The molecule has 0 bridgehead atoms. The summed E-state index contributed by atoms with van der Waals surface area (Å²) in [5.41, 5.74) is 2.07. The van der Waals surface area contributed by atoms with Crippen LogP contribution in [0.4, 0.5) is 0 Å². The Balaban J connectivity index is 0.000000342. The van der Waals surface area contributed by atoms with Crippen molar-refractivity contribution in [1.82, 2.24) is 9.30 Å². The number of hydrogen-bond donors (Lipinski definition) is 6. The lowest BCUT2D eigenvalue weighted by Crippen LogP contribution is -2.45. The number of aliphatic hydroxyl groups excluding tert-OH is 3. The molecule has 0 amide bonds. The summed E-state index contributed by atoms with van der Waals surface area (Å²) in [7, 11) is 0. The highest BCUT2D eigenvalue weighted by Gasteiger charge is 2.25. The fourth-order valence-corrected chi connectivity index (χ4v) is 4.32. The number of aromatic nitrogens is 1. The number of fused-ring (bicyclic) bond motifs is 1. The van der Waals surface area contributed by atoms with Gasteiger partial charge in [-0.2, -0.15) is 0 Å². The summed E-state index contributed by atoms with van der Waals surface area (Å²) in [6.45, 7) is 4.46. The average molecular weight is 523 g/mol. The van der Waals surface area contributed by atoms with Gasteiger partial charge >= 0.3 is 11.9 Å². The van der Waals surface area contributed by atoms with Crippen molar-refractivity contribution >= 4 is 17.5 Å². The van der Waals surface area contributed by atoms with E-state index < -0.39 is 30.6 Å². The van der Waals surface area contributed by atoms with E-state index >= 15 is 0 Å². The van der Waals surface area contributed by atoms with Crippen LogP contribution in [-0.2, 0) is 0 Å². The molecule has 200 valence electrons. The van der Waals surface area contributed by atoms with Gasteiger partial charge in [-0.05, 0) is 38.0 Å². The van der Waals surface area contributed by atoms with Crippen LogP contribution in [0.15, 0.2) is 72.9 Å². The van der Waals surface area contributed by atoms with Gasteiger partial charge in [0.2, 0.25) is 0 Å². The molecule has 0 aliphatic carbocycles. The van der Waals surface area contributed by atoms with E-state index in [2.05, 4.69) is 0 Å². The van der Waals surface area contributed by atoms with Gasteiger partial charge in [0.1, 0.15) is 24.4 Å². The van der Waals surface area contributed by atoms with Crippen LogP contribution >= 0.6 is 0 Å². The molecule has 0 saturated heterocycles. The molecule has 2 aromatic heterocycles. The van der Waals surface area contributed by atoms with E-state index in [1.54, 1.807) is 0 Å². The first-order valence-corrected chi connectivity index (χ1v) is 11.8. The van der Waals surface area contributed by atoms with Crippen molar-refractivity contribution in [3.05, 3.63) is 84.1 Å². The Morgan fingerprint density at radius 1 is 0.737 bits per heavy atom. The molecule has 0 saturated carbocycles. The van der Waals surface area contributed by atoms with Gasteiger partial charge in [0, 0.05) is 6.20 Å². The molecule has 3 unspecified atom stereocenters. The summed E-state index contributed by atoms with van der Waals surface area (Å²) >= 11 is 0. The van der Waals surface area contributed by atoms with Gasteiger partial charge in [-0.15, -0.1) is 0 Å². The zero-order chi connectivity index (χ0) is 28.1. The third kappa shape index (κ3) is 5.84. The van der Waals surface area contributed by atoms with Gasteiger partial charge in [0.15, 0.2) is 0 Å². The van der Waals surface area contributed by atoms with Gasteiger partial charge < -0.3 is 35.0 Å². The summed E-state index contributed by atoms with van der Waals surface area (Å²) in [4.78, 5) is 24.4. The van der Waals surface area contributed by atoms with Crippen LogP contribution in [0.3, 0.4) is 0 Å². The molecule has 2 aromatic carbocycles. The van der Waals surface area contributed by atoms with Gasteiger partial charge in [-0.1, -0.05) is 60.7 Å². The molecule has 0 spiro atoms. The van der Waals surface area contributed by atoms with Crippen LogP contribution in [0, 0.1) is 0 Å². The number of rotatable bonds is 7. The number of carboxylic acids is 2. The lowest BCUT2D eigenvalue weighted by atomic mass is 10.0. The second kappa shape index (κ2) is 11.9. The summed E-state index contributed by atoms with van der Waals surface area (Å²) in [5.74, 6) is -2.83. The molecular weight excluding hydrogens is 492 g/mol. The monoisotopic (exact) mass is 522 g/mol. The van der Waals surface area contributed by atoms with E-state index in [1.807, 2.05) is 60.7 Å². The molecule has 2 heterocycles. The maximum atomic E-state index is 11.6. The highest BCUT2D eigenvalue weighted by molar-refractivity contribution is 6.04. The molecule has 0 radical (unpaired) electrons. The van der Waals surface area contributed by atoms with Crippen molar-refractivity contribution in [1.29, 1.82) is 0 Å². The summed E-state index contributed by atoms with van der Waals surface area (Å²) in [5, 5.41) is 56.7. The SMILES string of the molecule is CC(O)N(C(C)O)C(C)O.O=C(O)c1cc2c(O)c(-c3ccccc3)c(-c3ccccc3)n2cc1C(=O)O. The van der Waals surface area contributed by atoms with E-state index in [9.17, 15) is 24.9 Å². The Kier molecular flexibility index (Phi) is 8.87. The zero-order valence-corrected chi connectivity index (χ0v) is 21.1. The molecule has 3 atom stereocenters. The Bertz CT molecular complexity index is 1390. The Labute approximate surface area is 218 Å². The second-order valence-corrected chi connectivity index (χ2v) is 8.61. The number of nitrogens with zero attached hydrogens (tertiary/aromatic N) is 2. The quantitative estimate of drug-likeness (QED) is 0.199. The number of aromatic hydroxyl groups is 1. The van der Waals surface area contributed by atoms with E-state index in [1.165, 1.54) is 42.3 Å². The van der Waals surface area contributed by atoms with Crippen molar-refractivity contribution < 1.29 is 40.2 Å². The van der Waals surface area contributed by atoms with Crippen LogP contribution in [0.1, 0.15) is 41.5 Å². The van der Waals surface area contributed by atoms with Crippen molar-refractivity contribution in [2.45, 2.75) is 39.5 Å². The number of carbonyl (C=O) groups is 2. The predicted molar refractivity (Wildman–Crippen MR) is 141 cm³/mol. The average Bonchev–Trinajstić information content (AvgIpc) is 3.15. The lowest BCUT2D eigenvalue weighted by Gasteiger charge is -2.30. The van der Waals surface area contributed by atoms with Gasteiger partial charge in [0.05, 0.1) is 27.9 Å². The number of aliphatic hydroxyl groups is 3. The second-order valence-electron chi connectivity index (χ2n) is 8.61. The maximum absolute atomic E-state index is 11.6. The summed E-state index contributed by atoms with van der Waals surface area (Å²) < 4.78 is 1.53. The minimum Gasteiger partial charge on any atom is -0.505 e. The van der Waals surface area contributed by atoms with E-state index in [0.29, 0.717) is 11.3 Å². The van der Waals surface area contributed by atoms with Crippen molar-refractivity contribution in [3.8, 4) is 28.1 Å². The minimum absolute atomic E-state index is 0.107. The van der Waals surface area contributed by atoms with Crippen molar-refractivity contribution in [3.63, 3.8) is 0 Å². The van der Waals surface area contributed by atoms with Gasteiger partial charge in [0.25, 0.3) is 0 Å². The Hall–Kier alpha value is -4.22. The van der Waals surface area contributed by atoms with Crippen LogP contribution in [-0.4, -0.2) is 70.6 Å². The number of hydrogen-bond acceptors (Lipinski definition) is 7. The van der Waals surface area contributed by atoms with Crippen LogP contribution in [0.25, 0.3) is 27.9 Å². The molecule has 4 aromatic rings. The Morgan fingerprint density at radius 2 is 1.18 bits per heavy atom. The standard InChI is InChI=1S/C22H15NO5.C6H15NO3/c24-20-17-11-15(21(25)26)16(22(27)28)12-23(17)19(14-9-5-2-6-10-14)18(20)13-7-3-1-4-8-13;1-4(8)7(5(2)9)6(3)10/h1-12,24H,(H,25,26)(H,27,28);4-6,8-10H,1-3H3. The largest absolute Gasteiger partial charge is 0.505 e. The molecule has 10 heteroatoms. The molecule has 10 nitrogen and oxygen atoms in total. The number of pyridine rings is 1. The first kappa shape index (κ1) is 28.4. The fraction of sp³-hybridized carbons (Fsp3) is 0.214. The lowest BCUT2D eigenvalue weighted by molar-refractivity contribution is -0.159. The number of carboxylic acid groups (broad SMARTS) is 2. The van der Waals surface area contributed by atoms with Crippen LogP contribution in [0.2, 0.25) is 0 Å². The van der Waals surface area contributed by atoms with Gasteiger partial charge in [-0.3, -0.25) is 0 Å². The number of benzene rings is 2. The van der Waals surface area contributed by atoms with E-state index in [4.69, 9.17) is 15.3 Å². The molecular formula is C28H30N2O8. The fourth-order valence-electron chi connectivity index (χ4n) is 4.32. The zero-order valence-electron chi connectivity index (χ0n) is 21.1. The van der Waals surface area contributed by atoms with E-state index in [0.717, 1.165) is 11.1 Å². The molecule has 0 fully saturated rings. The van der Waals surface area contributed by atoms with Crippen molar-refractivity contribution in [2.24, 2.45) is 0 Å². The predicted octanol–water partition coefficient (Wildman–Crippen LogP) is 3.68. The summed E-state index contributed by atoms with van der Waals surface area (Å²) in [6.07, 6.45) is -1.25. The van der Waals surface area contributed by atoms with Gasteiger partial charge in [-0.25, -0.2) is 14.5 Å². The highest BCUT2D eigenvalue weighted by atomic mass is 16.4. The van der Waals surface area contributed by atoms with Crippen molar-refractivity contribution in [2.75, 3.05) is 0 Å². The third-order valence-electron chi connectivity index (χ3n) is 5.91. The molecule has 6 N–H and O–H groups in total. The normalized spacial score (nSPS) is 13.4. The van der Waals surface area contributed by atoms with Crippen LogP contribution < -0.4 is 0 Å². The molecule has 38 heavy (non-hydrogen) atoms. The maximum Gasteiger partial charge on any atom is 0.338 e. The highest BCUT2D eigenvalue weighted by Crippen LogP contribution is 2.44. The molecule has 4 rings (SSSR count). The first-order valence-electron chi connectivity index (χ1n) is 11.8. The topological polar surface area (TPSA) is 163 Å². The number of aromatic carboxylic acids is 2.